The first-order valence-electron chi connectivity index (χ1n) is 4.69. The van der Waals surface area contributed by atoms with Gasteiger partial charge in [-0.2, -0.15) is 0 Å². The average molecular weight is 182 g/mol. The maximum atomic E-state index is 11.1. The highest BCUT2D eigenvalue weighted by atomic mass is 16.2. The Labute approximate surface area is 80.1 Å². The van der Waals surface area contributed by atoms with E-state index in [9.17, 15) is 4.79 Å². The van der Waals surface area contributed by atoms with Crippen molar-refractivity contribution >= 4 is 5.91 Å². The maximum absolute atomic E-state index is 11.1. The Kier molecular flexibility index (Phi) is 7.04. The summed E-state index contributed by atoms with van der Waals surface area (Å²) in [5, 5.41) is 2.76. The van der Waals surface area contributed by atoms with E-state index < -0.39 is 0 Å². The molecule has 3 heteroatoms. The molecule has 0 aliphatic rings. The van der Waals surface area contributed by atoms with Gasteiger partial charge in [-0.05, 0) is 19.3 Å². The predicted octanol–water partition coefficient (Wildman–Crippen LogP) is 0.643. The van der Waals surface area contributed by atoms with Gasteiger partial charge in [0.25, 0.3) is 0 Å². The fourth-order valence-electron chi connectivity index (χ4n) is 0.880. The summed E-state index contributed by atoms with van der Waals surface area (Å²) in [6.07, 6.45) is 8.41. The molecule has 13 heavy (non-hydrogen) atoms. The lowest BCUT2D eigenvalue weighted by Gasteiger charge is -2.08. The quantitative estimate of drug-likeness (QED) is 0.468. The molecule has 0 unspecified atom stereocenters. The lowest BCUT2D eigenvalue weighted by Crippen LogP contribution is -2.40. The number of amides is 1. The van der Waals surface area contributed by atoms with E-state index in [4.69, 9.17) is 12.2 Å². The Morgan fingerprint density at radius 2 is 2.31 bits per heavy atom. The van der Waals surface area contributed by atoms with Gasteiger partial charge in [-0.15, -0.1) is 12.3 Å². The number of unbranched alkanes of at least 4 members (excludes halogenated alkanes) is 2. The number of carbonyl (C=O) groups excluding carboxylic acids is 1. The Bertz CT molecular complexity index is 184. The van der Waals surface area contributed by atoms with Crippen LogP contribution in [0.15, 0.2) is 0 Å². The van der Waals surface area contributed by atoms with Crippen LogP contribution in [0.1, 0.15) is 32.6 Å². The molecule has 0 bridgehead atoms. The summed E-state index contributed by atoms with van der Waals surface area (Å²) in [4.78, 5) is 11.1. The van der Waals surface area contributed by atoms with E-state index in [0.717, 1.165) is 19.3 Å². The van der Waals surface area contributed by atoms with Crippen molar-refractivity contribution in [3.8, 4) is 12.3 Å². The van der Waals surface area contributed by atoms with Crippen molar-refractivity contribution in [1.82, 2.24) is 5.32 Å². The molecule has 0 rings (SSSR count). The summed E-state index contributed by atoms with van der Waals surface area (Å²) in [6, 6.07) is -0.368. The van der Waals surface area contributed by atoms with Crippen LogP contribution in [0.3, 0.4) is 0 Å². The van der Waals surface area contributed by atoms with Crippen LogP contribution >= 0.6 is 0 Å². The molecule has 0 heterocycles. The van der Waals surface area contributed by atoms with Gasteiger partial charge in [0, 0.05) is 13.0 Å². The fourth-order valence-corrected chi connectivity index (χ4v) is 0.880. The van der Waals surface area contributed by atoms with Gasteiger partial charge in [0.2, 0.25) is 5.91 Å². The van der Waals surface area contributed by atoms with Crippen molar-refractivity contribution < 1.29 is 4.79 Å². The monoisotopic (exact) mass is 182 g/mol. The van der Waals surface area contributed by atoms with Crippen LogP contribution in [0.5, 0.6) is 0 Å². The van der Waals surface area contributed by atoms with Crippen LogP contribution in [0.2, 0.25) is 0 Å². The number of carbonyl (C=O) groups is 1. The van der Waals surface area contributed by atoms with Gasteiger partial charge < -0.3 is 11.1 Å². The normalized spacial score (nSPS) is 11.8. The summed E-state index contributed by atoms with van der Waals surface area (Å²) in [5.74, 6) is 2.49. The van der Waals surface area contributed by atoms with Crippen LogP contribution < -0.4 is 11.1 Å². The molecule has 0 aliphatic carbocycles. The van der Waals surface area contributed by atoms with Crippen molar-refractivity contribution in [3.05, 3.63) is 0 Å². The topological polar surface area (TPSA) is 55.1 Å². The van der Waals surface area contributed by atoms with E-state index in [-0.39, 0.29) is 11.9 Å². The first-order valence-corrected chi connectivity index (χ1v) is 4.69. The summed E-state index contributed by atoms with van der Waals surface area (Å²) >= 11 is 0. The van der Waals surface area contributed by atoms with Crippen LogP contribution in [0.25, 0.3) is 0 Å². The Balaban J connectivity index is 3.33. The van der Waals surface area contributed by atoms with Gasteiger partial charge in [0.1, 0.15) is 0 Å². The zero-order valence-corrected chi connectivity index (χ0v) is 8.18. The maximum Gasteiger partial charge on any atom is 0.236 e. The van der Waals surface area contributed by atoms with Gasteiger partial charge in [-0.1, -0.05) is 6.92 Å². The molecule has 1 atom stereocenters. The number of hydrogen-bond donors (Lipinski definition) is 2. The number of terminal acetylenes is 1. The molecule has 0 saturated carbocycles. The van der Waals surface area contributed by atoms with Crippen molar-refractivity contribution in [2.24, 2.45) is 5.73 Å². The standard InChI is InChI=1S/C10H18N2O/c1-3-5-6-7-8-12-10(13)9(11)4-2/h1,9H,4-8,11H2,2H3,(H,12,13)/t9-/m0/s1. The molecule has 0 aromatic carbocycles. The molecule has 3 nitrogen and oxygen atoms in total. The van der Waals surface area contributed by atoms with Gasteiger partial charge in [0.15, 0.2) is 0 Å². The Morgan fingerprint density at radius 1 is 1.62 bits per heavy atom. The molecular formula is C10H18N2O. The zero-order chi connectivity index (χ0) is 10.1. The number of hydrogen-bond acceptors (Lipinski definition) is 2. The fraction of sp³-hybridized carbons (Fsp3) is 0.700. The van der Waals surface area contributed by atoms with Crippen molar-refractivity contribution in [2.75, 3.05) is 6.54 Å². The van der Waals surface area contributed by atoms with Crippen molar-refractivity contribution in [1.29, 1.82) is 0 Å². The lowest BCUT2D eigenvalue weighted by molar-refractivity contribution is -0.122. The second-order valence-electron chi connectivity index (χ2n) is 2.97. The highest BCUT2D eigenvalue weighted by Crippen LogP contribution is 1.92. The Morgan fingerprint density at radius 3 is 2.85 bits per heavy atom. The molecule has 0 aliphatic heterocycles. The SMILES string of the molecule is C#CCCCCNC(=O)[C@@H](N)CC. The molecular weight excluding hydrogens is 164 g/mol. The lowest BCUT2D eigenvalue weighted by atomic mass is 10.2. The van der Waals surface area contributed by atoms with Gasteiger partial charge in [-0.3, -0.25) is 4.79 Å². The number of nitrogens with one attached hydrogen (secondary N) is 1. The van der Waals surface area contributed by atoms with Crippen LogP contribution in [-0.2, 0) is 4.79 Å². The van der Waals surface area contributed by atoms with Gasteiger partial charge in [0.05, 0.1) is 6.04 Å². The van der Waals surface area contributed by atoms with E-state index in [1.54, 1.807) is 0 Å². The van der Waals surface area contributed by atoms with Crippen LogP contribution in [0, 0.1) is 12.3 Å². The second-order valence-corrected chi connectivity index (χ2v) is 2.97. The van der Waals surface area contributed by atoms with E-state index in [2.05, 4.69) is 11.2 Å². The third-order valence-electron chi connectivity index (χ3n) is 1.82. The largest absolute Gasteiger partial charge is 0.355 e. The minimum atomic E-state index is -0.368. The molecule has 0 fully saturated rings. The molecule has 0 spiro atoms. The highest BCUT2D eigenvalue weighted by Gasteiger charge is 2.08. The molecule has 1 amide bonds. The molecule has 0 saturated heterocycles. The van der Waals surface area contributed by atoms with Crippen molar-refractivity contribution in [2.45, 2.75) is 38.6 Å². The minimum absolute atomic E-state index is 0.0665. The van der Waals surface area contributed by atoms with E-state index in [1.165, 1.54) is 0 Å². The number of nitrogens with two attached hydrogens (primary N) is 1. The van der Waals surface area contributed by atoms with Gasteiger partial charge in [-0.25, -0.2) is 0 Å². The van der Waals surface area contributed by atoms with Crippen molar-refractivity contribution in [3.63, 3.8) is 0 Å². The van der Waals surface area contributed by atoms with E-state index in [1.807, 2.05) is 6.92 Å². The summed E-state index contributed by atoms with van der Waals surface area (Å²) in [6.45, 7) is 2.57. The third-order valence-corrected chi connectivity index (χ3v) is 1.82. The summed E-state index contributed by atoms with van der Waals surface area (Å²) < 4.78 is 0. The zero-order valence-electron chi connectivity index (χ0n) is 8.18. The minimum Gasteiger partial charge on any atom is -0.355 e. The Hall–Kier alpha value is -1.01. The van der Waals surface area contributed by atoms with Gasteiger partial charge >= 0.3 is 0 Å². The molecule has 0 aromatic heterocycles. The molecule has 0 radical (unpaired) electrons. The predicted molar refractivity (Wildman–Crippen MR) is 54.0 cm³/mol. The molecule has 0 aromatic rings. The highest BCUT2D eigenvalue weighted by molar-refractivity contribution is 5.81. The number of rotatable bonds is 6. The first-order chi connectivity index (χ1) is 6.22. The summed E-state index contributed by atoms with van der Waals surface area (Å²) in [5.41, 5.74) is 5.51. The third kappa shape index (κ3) is 6.18. The van der Waals surface area contributed by atoms with Crippen LogP contribution in [0.4, 0.5) is 0 Å². The van der Waals surface area contributed by atoms with E-state index >= 15 is 0 Å². The smallest absolute Gasteiger partial charge is 0.236 e. The summed E-state index contributed by atoms with van der Waals surface area (Å²) in [7, 11) is 0. The van der Waals surface area contributed by atoms with Crippen LogP contribution in [-0.4, -0.2) is 18.5 Å². The molecule has 74 valence electrons. The molecule has 3 N–H and O–H groups in total. The second kappa shape index (κ2) is 7.63. The van der Waals surface area contributed by atoms with E-state index in [0.29, 0.717) is 13.0 Å². The first kappa shape index (κ1) is 12.0. The average Bonchev–Trinajstić information content (AvgIpc) is 2.16.